The van der Waals surface area contributed by atoms with Crippen molar-refractivity contribution in [1.82, 2.24) is 0 Å². The van der Waals surface area contributed by atoms with Crippen LogP contribution in [-0.4, -0.2) is 25.3 Å². The number of esters is 1. The average Bonchev–Trinajstić information content (AvgIpc) is 3.29. The van der Waals surface area contributed by atoms with Gasteiger partial charge in [0.05, 0.1) is 25.7 Å². The standard InChI is InChI=1S/C19H20O3/c1-21-18(20)11-16-9-5-6-10-17(16)13-19(14-22-19)12-15-7-3-2-4-8-15/h2-10H,11-14H2,1H3/t19-/m1/s1. The maximum atomic E-state index is 11.6. The highest BCUT2D eigenvalue weighted by molar-refractivity contribution is 5.72. The molecule has 3 rings (SSSR count). The number of methoxy groups -OCH3 is 1. The fourth-order valence-corrected chi connectivity index (χ4v) is 2.81. The van der Waals surface area contributed by atoms with Crippen molar-refractivity contribution in [3.63, 3.8) is 0 Å². The zero-order chi connectivity index (χ0) is 15.4. The molecule has 0 amide bonds. The number of rotatable bonds is 6. The van der Waals surface area contributed by atoms with Gasteiger partial charge in [0.1, 0.15) is 0 Å². The zero-order valence-corrected chi connectivity index (χ0v) is 12.7. The Morgan fingerprint density at radius 1 is 1.05 bits per heavy atom. The highest BCUT2D eigenvalue weighted by atomic mass is 16.6. The van der Waals surface area contributed by atoms with Crippen LogP contribution >= 0.6 is 0 Å². The Hall–Kier alpha value is -2.13. The summed E-state index contributed by atoms with van der Waals surface area (Å²) in [5.41, 5.74) is 3.36. The van der Waals surface area contributed by atoms with E-state index >= 15 is 0 Å². The van der Waals surface area contributed by atoms with E-state index < -0.39 is 0 Å². The molecule has 1 heterocycles. The van der Waals surface area contributed by atoms with E-state index in [1.807, 2.05) is 24.3 Å². The Balaban J connectivity index is 1.74. The van der Waals surface area contributed by atoms with Crippen molar-refractivity contribution in [3.05, 3.63) is 71.3 Å². The van der Waals surface area contributed by atoms with Crippen molar-refractivity contribution in [3.8, 4) is 0 Å². The van der Waals surface area contributed by atoms with Crippen molar-refractivity contribution in [2.75, 3.05) is 13.7 Å². The second-order valence-corrected chi connectivity index (χ2v) is 5.83. The van der Waals surface area contributed by atoms with Crippen molar-refractivity contribution in [2.24, 2.45) is 0 Å². The van der Waals surface area contributed by atoms with Gasteiger partial charge in [0.25, 0.3) is 0 Å². The van der Waals surface area contributed by atoms with Gasteiger partial charge >= 0.3 is 5.97 Å². The van der Waals surface area contributed by atoms with Gasteiger partial charge in [-0.3, -0.25) is 4.79 Å². The summed E-state index contributed by atoms with van der Waals surface area (Å²) in [5.74, 6) is -0.207. The molecule has 0 saturated carbocycles. The maximum Gasteiger partial charge on any atom is 0.309 e. The largest absolute Gasteiger partial charge is 0.469 e. The van der Waals surface area contributed by atoms with Crippen LogP contribution < -0.4 is 0 Å². The van der Waals surface area contributed by atoms with Gasteiger partial charge in [-0.25, -0.2) is 0 Å². The molecule has 0 unspecified atom stereocenters. The number of carbonyl (C=O) groups is 1. The molecule has 0 N–H and O–H groups in total. The third kappa shape index (κ3) is 3.55. The van der Waals surface area contributed by atoms with Gasteiger partial charge in [0.2, 0.25) is 0 Å². The molecule has 0 radical (unpaired) electrons. The third-order valence-electron chi connectivity index (χ3n) is 4.12. The smallest absolute Gasteiger partial charge is 0.309 e. The second kappa shape index (κ2) is 6.32. The van der Waals surface area contributed by atoms with Crippen LogP contribution in [-0.2, 0) is 33.5 Å². The van der Waals surface area contributed by atoms with Crippen LogP contribution in [0.2, 0.25) is 0 Å². The Kier molecular flexibility index (Phi) is 4.25. The lowest BCUT2D eigenvalue weighted by Crippen LogP contribution is -2.20. The van der Waals surface area contributed by atoms with Gasteiger partial charge in [-0.1, -0.05) is 54.6 Å². The fourth-order valence-electron chi connectivity index (χ4n) is 2.81. The highest BCUT2D eigenvalue weighted by Crippen LogP contribution is 2.35. The summed E-state index contributed by atoms with van der Waals surface area (Å²) >= 11 is 0. The van der Waals surface area contributed by atoms with Crippen LogP contribution in [0.1, 0.15) is 16.7 Å². The van der Waals surface area contributed by atoms with Gasteiger partial charge < -0.3 is 9.47 Å². The number of benzene rings is 2. The Morgan fingerprint density at radius 2 is 1.68 bits per heavy atom. The minimum Gasteiger partial charge on any atom is -0.469 e. The van der Waals surface area contributed by atoms with Crippen LogP contribution in [0, 0.1) is 0 Å². The maximum absolute atomic E-state index is 11.6. The molecule has 0 aliphatic carbocycles. The summed E-state index contributed by atoms with van der Waals surface area (Å²) in [6.45, 7) is 0.772. The first kappa shape index (κ1) is 14.8. The van der Waals surface area contributed by atoms with E-state index in [1.165, 1.54) is 18.2 Å². The predicted molar refractivity (Wildman–Crippen MR) is 84.7 cm³/mol. The lowest BCUT2D eigenvalue weighted by molar-refractivity contribution is -0.139. The number of ether oxygens (including phenoxy) is 2. The number of hydrogen-bond donors (Lipinski definition) is 0. The molecule has 1 aliphatic heterocycles. The molecule has 1 saturated heterocycles. The molecular weight excluding hydrogens is 276 g/mol. The zero-order valence-electron chi connectivity index (χ0n) is 12.7. The van der Waals surface area contributed by atoms with Crippen molar-refractivity contribution < 1.29 is 14.3 Å². The molecule has 2 aromatic rings. The third-order valence-corrected chi connectivity index (χ3v) is 4.12. The van der Waals surface area contributed by atoms with E-state index in [0.717, 1.165) is 25.0 Å². The molecule has 3 heteroatoms. The Labute approximate surface area is 130 Å². The van der Waals surface area contributed by atoms with Gasteiger partial charge in [-0.05, 0) is 16.7 Å². The topological polar surface area (TPSA) is 38.8 Å². The molecule has 0 aromatic heterocycles. The predicted octanol–water partition coefficient (Wildman–Crippen LogP) is 2.96. The van der Waals surface area contributed by atoms with Gasteiger partial charge in [-0.2, -0.15) is 0 Å². The minimum absolute atomic E-state index is 0.117. The molecule has 0 bridgehead atoms. The number of hydrogen-bond acceptors (Lipinski definition) is 3. The molecule has 1 fully saturated rings. The SMILES string of the molecule is COC(=O)Cc1ccccc1C[C@]1(Cc2ccccc2)CO1. The molecule has 1 atom stereocenters. The van der Waals surface area contributed by atoms with E-state index in [0.29, 0.717) is 6.42 Å². The molecule has 0 spiro atoms. The van der Waals surface area contributed by atoms with Crippen LogP contribution in [0.25, 0.3) is 0 Å². The van der Waals surface area contributed by atoms with Crippen molar-refractivity contribution >= 4 is 5.97 Å². The van der Waals surface area contributed by atoms with E-state index in [-0.39, 0.29) is 11.6 Å². The molecule has 2 aromatic carbocycles. The molecule has 3 nitrogen and oxygen atoms in total. The summed E-state index contributed by atoms with van der Waals surface area (Å²) < 4.78 is 10.6. The molecule has 114 valence electrons. The van der Waals surface area contributed by atoms with Crippen LogP contribution in [0.3, 0.4) is 0 Å². The summed E-state index contributed by atoms with van der Waals surface area (Å²) in [5, 5.41) is 0. The van der Waals surface area contributed by atoms with Crippen LogP contribution in [0.5, 0.6) is 0 Å². The quantitative estimate of drug-likeness (QED) is 0.607. The number of carbonyl (C=O) groups excluding carboxylic acids is 1. The normalized spacial score (nSPS) is 19.7. The first-order chi connectivity index (χ1) is 10.7. The first-order valence-corrected chi connectivity index (χ1v) is 7.52. The van der Waals surface area contributed by atoms with Crippen LogP contribution in [0.4, 0.5) is 0 Å². The Bertz CT molecular complexity index is 645. The monoisotopic (exact) mass is 296 g/mol. The highest BCUT2D eigenvalue weighted by Gasteiger charge is 2.44. The van der Waals surface area contributed by atoms with Crippen LogP contribution in [0.15, 0.2) is 54.6 Å². The lowest BCUT2D eigenvalue weighted by atomic mass is 9.90. The summed E-state index contributed by atoms with van der Waals surface area (Å²) in [7, 11) is 1.42. The van der Waals surface area contributed by atoms with E-state index in [4.69, 9.17) is 9.47 Å². The van der Waals surface area contributed by atoms with Gasteiger partial charge in [0.15, 0.2) is 0 Å². The van der Waals surface area contributed by atoms with Crippen molar-refractivity contribution in [1.29, 1.82) is 0 Å². The summed E-state index contributed by atoms with van der Waals surface area (Å²) in [6, 6.07) is 18.4. The van der Waals surface area contributed by atoms with Gasteiger partial charge in [-0.15, -0.1) is 0 Å². The minimum atomic E-state index is -0.207. The molecular formula is C19H20O3. The first-order valence-electron chi connectivity index (χ1n) is 7.52. The number of epoxide rings is 1. The lowest BCUT2D eigenvalue weighted by Gasteiger charge is -2.15. The molecule has 22 heavy (non-hydrogen) atoms. The van der Waals surface area contributed by atoms with E-state index in [1.54, 1.807) is 0 Å². The average molecular weight is 296 g/mol. The summed E-state index contributed by atoms with van der Waals surface area (Å²) in [6.07, 6.45) is 2.05. The second-order valence-electron chi connectivity index (χ2n) is 5.83. The van der Waals surface area contributed by atoms with E-state index in [2.05, 4.69) is 30.3 Å². The van der Waals surface area contributed by atoms with Crippen molar-refractivity contribution in [2.45, 2.75) is 24.9 Å². The van der Waals surface area contributed by atoms with E-state index in [9.17, 15) is 4.79 Å². The Morgan fingerprint density at radius 3 is 2.32 bits per heavy atom. The van der Waals surface area contributed by atoms with Gasteiger partial charge in [0, 0.05) is 12.8 Å². The summed E-state index contributed by atoms with van der Waals surface area (Å²) in [4.78, 5) is 11.6. The fraction of sp³-hybridized carbons (Fsp3) is 0.316. The molecule has 1 aliphatic rings.